The van der Waals surface area contributed by atoms with E-state index in [1.807, 2.05) is 11.0 Å². The fourth-order valence-electron chi connectivity index (χ4n) is 1.69. The van der Waals surface area contributed by atoms with Crippen LogP contribution >= 0.6 is 0 Å². The number of nitrogens with one attached hydrogen (secondary N) is 1. The molecule has 0 spiro atoms. The molecule has 1 aliphatic heterocycles. The van der Waals surface area contributed by atoms with Crippen LogP contribution < -0.4 is 10.2 Å². The lowest BCUT2D eigenvalue weighted by Gasteiger charge is -2.28. The van der Waals surface area contributed by atoms with Gasteiger partial charge in [0.15, 0.2) is 0 Å². The van der Waals surface area contributed by atoms with Crippen LogP contribution in [0, 0.1) is 0 Å². The van der Waals surface area contributed by atoms with Gasteiger partial charge in [0.25, 0.3) is 0 Å². The second kappa shape index (κ2) is 4.49. The maximum absolute atomic E-state index is 11.2. The number of aromatic nitrogens is 1. The highest BCUT2D eigenvalue weighted by Crippen LogP contribution is 2.16. The number of aliphatic hydroxyl groups is 1. The number of amides is 1. The topological polar surface area (TPSA) is 65.5 Å². The summed E-state index contributed by atoms with van der Waals surface area (Å²) in [5.74, 6) is 0.0332. The Hall–Kier alpha value is -1.62. The predicted molar refractivity (Wildman–Crippen MR) is 60.1 cm³/mol. The summed E-state index contributed by atoms with van der Waals surface area (Å²) in [6, 6.07) is 3.67. The number of rotatable bonds is 2. The van der Waals surface area contributed by atoms with Gasteiger partial charge in [-0.1, -0.05) is 0 Å². The van der Waals surface area contributed by atoms with Crippen LogP contribution in [0.3, 0.4) is 0 Å². The summed E-state index contributed by atoms with van der Waals surface area (Å²) >= 11 is 0. The lowest BCUT2D eigenvalue weighted by atomic mass is 10.2. The average molecular weight is 221 g/mol. The number of carbonyl (C=O) groups excluding carboxylic acids is 1. The van der Waals surface area contributed by atoms with E-state index in [2.05, 4.69) is 10.3 Å². The molecule has 1 aliphatic rings. The summed E-state index contributed by atoms with van der Waals surface area (Å²) in [6.07, 6.45) is 1.14. The molecule has 1 amide bonds. The molecule has 0 radical (unpaired) electrons. The Morgan fingerprint density at radius 3 is 2.94 bits per heavy atom. The average Bonchev–Trinajstić information content (AvgIpc) is 2.29. The van der Waals surface area contributed by atoms with Crippen LogP contribution in [0.5, 0.6) is 0 Å². The van der Waals surface area contributed by atoms with E-state index in [1.165, 1.54) is 0 Å². The van der Waals surface area contributed by atoms with E-state index in [-0.39, 0.29) is 5.91 Å². The molecule has 2 heterocycles. The Morgan fingerprint density at radius 2 is 2.38 bits per heavy atom. The lowest BCUT2D eigenvalue weighted by Crippen LogP contribution is -2.47. The van der Waals surface area contributed by atoms with Gasteiger partial charge in [-0.2, -0.15) is 0 Å². The van der Waals surface area contributed by atoms with Crippen LogP contribution in [-0.2, 0) is 4.79 Å². The Balaban J connectivity index is 2.11. The van der Waals surface area contributed by atoms with E-state index in [0.717, 1.165) is 12.2 Å². The number of piperazine rings is 1. The van der Waals surface area contributed by atoms with Crippen molar-refractivity contribution in [2.45, 2.75) is 13.0 Å². The minimum absolute atomic E-state index is 0.0332. The molecule has 0 unspecified atom stereocenters. The molecule has 1 atom stereocenters. The SMILES string of the molecule is C[C@@H](O)c1ccc(N2CCNC(=O)C2)cn1. The summed E-state index contributed by atoms with van der Waals surface area (Å²) in [5, 5.41) is 12.1. The highest BCUT2D eigenvalue weighted by atomic mass is 16.3. The summed E-state index contributed by atoms with van der Waals surface area (Å²) < 4.78 is 0. The van der Waals surface area contributed by atoms with Gasteiger partial charge in [-0.3, -0.25) is 9.78 Å². The van der Waals surface area contributed by atoms with Crippen molar-refractivity contribution in [1.82, 2.24) is 10.3 Å². The number of aliphatic hydroxyl groups excluding tert-OH is 1. The van der Waals surface area contributed by atoms with Crippen LogP contribution in [0.25, 0.3) is 0 Å². The third-order valence-electron chi connectivity index (χ3n) is 2.60. The summed E-state index contributed by atoms with van der Waals surface area (Å²) in [6.45, 7) is 3.50. The fourth-order valence-corrected chi connectivity index (χ4v) is 1.69. The van der Waals surface area contributed by atoms with Crippen LogP contribution in [0.15, 0.2) is 18.3 Å². The first-order chi connectivity index (χ1) is 7.66. The Bertz CT molecular complexity index is 375. The molecule has 16 heavy (non-hydrogen) atoms. The van der Waals surface area contributed by atoms with Crippen LogP contribution in [0.1, 0.15) is 18.7 Å². The molecular weight excluding hydrogens is 206 g/mol. The molecule has 1 saturated heterocycles. The second-order valence-electron chi connectivity index (χ2n) is 3.89. The van der Waals surface area contributed by atoms with Crippen LogP contribution in [-0.4, -0.2) is 35.6 Å². The summed E-state index contributed by atoms with van der Waals surface area (Å²) in [4.78, 5) is 17.3. The maximum atomic E-state index is 11.2. The third kappa shape index (κ3) is 2.30. The molecule has 1 aromatic heterocycles. The number of pyridine rings is 1. The Morgan fingerprint density at radius 1 is 1.56 bits per heavy atom. The Labute approximate surface area is 94.1 Å². The molecule has 5 heteroatoms. The van der Waals surface area contributed by atoms with E-state index in [9.17, 15) is 9.90 Å². The van der Waals surface area contributed by atoms with E-state index in [1.54, 1.807) is 19.2 Å². The molecule has 5 nitrogen and oxygen atoms in total. The third-order valence-corrected chi connectivity index (χ3v) is 2.60. The lowest BCUT2D eigenvalue weighted by molar-refractivity contribution is -0.120. The summed E-state index contributed by atoms with van der Waals surface area (Å²) in [5.41, 5.74) is 1.56. The van der Waals surface area contributed by atoms with Crippen molar-refractivity contribution in [3.8, 4) is 0 Å². The summed E-state index contributed by atoms with van der Waals surface area (Å²) in [7, 11) is 0. The van der Waals surface area contributed by atoms with Crippen molar-refractivity contribution in [3.05, 3.63) is 24.0 Å². The smallest absolute Gasteiger partial charge is 0.239 e. The van der Waals surface area contributed by atoms with E-state index >= 15 is 0 Å². The number of hydrogen-bond acceptors (Lipinski definition) is 4. The zero-order valence-electron chi connectivity index (χ0n) is 9.18. The van der Waals surface area contributed by atoms with Crippen LogP contribution in [0.2, 0.25) is 0 Å². The van der Waals surface area contributed by atoms with Gasteiger partial charge >= 0.3 is 0 Å². The van der Waals surface area contributed by atoms with Gasteiger partial charge < -0.3 is 15.3 Å². The maximum Gasteiger partial charge on any atom is 0.239 e. The van der Waals surface area contributed by atoms with Crippen molar-refractivity contribution in [3.63, 3.8) is 0 Å². The van der Waals surface area contributed by atoms with Crippen molar-refractivity contribution < 1.29 is 9.90 Å². The number of nitrogens with zero attached hydrogens (tertiary/aromatic N) is 2. The first-order valence-electron chi connectivity index (χ1n) is 5.32. The van der Waals surface area contributed by atoms with Crippen molar-refractivity contribution in [2.75, 3.05) is 24.5 Å². The molecule has 0 aromatic carbocycles. The van der Waals surface area contributed by atoms with Crippen LogP contribution in [0.4, 0.5) is 5.69 Å². The molecular formula is C11H15N3O2. The monoisotopic (exact) mass is 221 g/mol. The second-order valence-corrected chi connectivity index (χ2v) is 3.89. The number of carbonyl (C=O) groups is 1. The highest BCUT2D eigenvalue weighted by molar-refractivity contribution is 5.82. The molecule has 1 fully saturated rings. The molecule has 86 valence electrons. The van der Waals surface area contributed by atoms with Gasteiger partial charge in [0.05, 0.1) is 30.2 Å². The standard InChI is InChI=1S/C11H15N3O2/c1-8(15)10-3-2-9(6-13-10)14-5-4-12-11(16)7-14/h2-3,6,8,15H,4-5,7H2,1H3,(H,12,16)/t8-/m1/s1. The molecule has 0 bridgehead atoms. The van der Waals surface area contributed by atoms with Crippen molar-refractivity contribution in [1.29, 1.82) is 0 Å². The minimum atomic E-state index is -0.557. The zero-order chi connectivity index (χ0) is 11.5. The normalized spacial score (nSPS) is 18.1. The quantitative estimate of drug-likeness (QED) is 0.741. The van der Waals surface area contributed by atoms with E-state index in [4.69, 9.17) is 0 Å². The van der Waals surface area contributed by atoms with Gasteiger partial charge in [-0.05, 0) is 19.1 Å². The first-order valence-corrected chi connectivity index (χ1v) is 5.32. The van der Waals surface area contributed by atoms with Gasteiger partial charge in [0.1, 0.15) is 0 Å². The minimum Gasteiger partial charge on any atom is -0.387 e. The van der Waals surface area contributed by atoms with E-state index in [0.29, 0.717) is 18.8 Å². The largest absolute Gasteiger partial charge is 0.387 e. The van der Waals surface area contributed by atoms with Crippen molar-refractivity contribution >= 4 is 11.6 Å². The molecule has 1 aromatic rings. The number of anilines is 1. The highest BCUT2D eigenvalue weighted by Gasteiger charge is 2.16. The zero-order valence-corrected chi connectivity index (χ0v) is 9.18. The molecule has 2 rings (SSSR count). The van der Waals surface area contributed by atoms with E-state index < -0.39 is 6.10 Å². The molecule has 0 aliphatic carbocycles. The van der Waals surface area contributed by atoms with Gasteiger partial charge in [-0.15, -0.1) is 0 Å². The Kier molecular flexibility index (Phi) is 3.05. The molecule has 0 saturated carbocycles. The van der Waals surface area contributed by atoms with Gasteiger partial charge in [0.2, 0.25) is 5.91 Å². The molecule has 2 N–H and O–H groups in total. The predicted octanol–water partition coefficient (Wildman–Crippen LogP) is 0.0711. The van der Waals surface area contributed by atoms with Gasteiger partial charge in [0, 0.05) is 13.1 Å². The number of hydrogen-bond donors (Lipinski definition) is 2. The van der Waals surface area contributed by atoms with Gasteiger partial charge in [-0.25, -0.2) is 0 Å². The first kappa shape index (κ1) is 10.9. The van der Waals surface area contributed by atoms with Crippen molar-refractivity contribution in [2.24, 2.45) is 0 Å². The fraction of sp³-hybridized carbons (Fsp3) is 0.455.